The van der Waals surface area contributed by atoms with Crippen molar-refractivity contribution in [1.29, 1.82) is 0 Å². The van der Waals surface area contributed by atoms with Crippen molar-refractivity contribution in [2.75, 3.05) is 6.54 Å². The van der Waals surface area contributed by atoms with Gasteiger partial charge in [0.15, 0.2) is 5.82 Å². The van der Waals surface area contributed by atoms with Gasteiger partial charge in [-0.15, -0.1) is 0 Å². The van der Waals surface area contributed by atoms with Crippen LogP contribution in [-0.4, -0.2) is 21.6 Å². The average Bonchev–Trinajstić information content (AvgIpc) is 2.86. The van der Waals surface area contributed by atoms with Crippen LogP contribution < -0.4 is 0 Å². The summed E-state index contributed by atoms with van der Waals surface area (Å²) in [5.41, 5.74) is 2.51. The van der Waals surface area contributed by atoms with Gasteiger partial charge in [-0.1, -0.05) is 62.7 Å². The van der Waals surface area contributed by atoms with Crippen LogP contribution in [0.3, 0.4) is 0 Å². The second kappa shape index (κ2) is 6.39. The number of hydrogen-bond donors (Lipinski definition) is 0. The highest BCUT2D eigenvalue weighted by molar-refractivity contribution is 5.22. The lowest BCUT2D eigenvalue weighted by atomic mass is 9.97. The molecule has 0 unspecified atom stereocenters. The van der Waals surface area contributed by atoms with Crippen molar-refractivity contribution in [2.24, 2.45) is 0 Å². The molecule has 2 rings (SSSR count). The molecule has 1 aromatic carbocycles. The smallest absolute Gasteiger partial charge is 0.232 e. The van der Waals surface area contributed by atoms with E-state index in [-0.39, 0.29) is 5.41 Å². The second-order valence-corrected chi connectivity index (χ2v) is 6.56. The summed E-state index contributed by atoms with van der Waals surface area (Å²) in [6.07, 6.45) is 0. The lowest BCUT2D eigenvalue weighted by Gasteiger charge is -2.18. The van der Waals surface area contributed by atoms with Gasteiger partial charge < -0.3 is 4.52 Å². The number of aromatic nitrogens is 2. The second-order valence-electron chi connectivity index (χ2n) is 6.56. The van der Waals surface area contributed by atoms with Crippen molar-refractivity contribution in [1.82, 2.24) is 15.0 Å². The number of hydrogen-bond acceptors (Lipinski definition) is 4. The molecule has 0 amide bonds. The zero-order chi connectivity index (χ0) is 15.5. The number of benzene rings is 1. The number of rotatable bonds is 5. The minimum absolute atomic E-state index is 0.0984. The molecule has 4 nitrogen and oxygen atoms in total. The van der Waals surface area contributed by atoms with E-state index in [0.29, 0.717) is 12.4 Å². The molecule has 114 valence electrons. The van der Waals surface area contributed by atoms with Crippen molar-refractivity contribution in [3.8, 4) is 0 Å². The van der Waals surface area contributed by atoms with Crippen LogP contribution in [0.1, 0.15) is 50.5 Å². The summed E-state index contributed by atoms with van der Waals surface area (Å²) >= 11 is 0. The summed E-state index contributed by atoms with van der Waals surface area (Å²) in [4.78, 5) is 6.82. The molecule has 0 bridgehead atoms. The van der Waals surface area contributed by atoms with E-state index >= 15 is 0 Å². The molecule has 0 saturated carbocycles. The largest absolute Gasteiger partial charge is 0.339 e. The van der Waals surface area contributed by atoms with Crippen LogP contribution in [0.2, 0.25) is 0 Å². The normalized spacial score (nSPS) is 12.1. The van der Waals surface area contributed by atoms with Crippen LogP contribution in [0.25, 0.3) is 0 Å². The monoisotopic (exact) mass is 287 g/mol. The van der Waals surface area contributed by atoms with Gasteiger partial charge >= 0.3 is 0 Å². The van der Waals surface area contributed by atoms with Gasteiger partial charge in [-0.25, -0.2) is 0 Å². The first-order chi connectivity index (χ1) is 9.88. The molecule has 21 heavy (non-hydrogen) atoms. The van der Waals surface area contributed by atoms with Crippen LogP contribution in [0.5, 0.6) is 0 Å². The zero-order valence-corrected chi connectivity index (χ0v) is 13.7. The molecule has 0 aliphatic rings. The Morgan fingerprint density at radius 1 is 1.19 bits per heavy atom. The van der Waals surface area contributed by atoms with Crippen LogP contribution in [0, 0.1) is 6.92 Å². The van der Waals surface area contributed by atoms with Crippen molar-refractivity contribution >= 4 is 0 Å². The van der Waals surface area contributed by atoms with Gasteiger partial charge in [0.25, 0.3) is 0 Å². The predicted octanol–water partition coefficient (Wildman–Crippen LogP) is 3.70. The van der Waals surface area contributed by atoms with Crippen LogP contribution in [0.15, 0.2) is 28.8 Å². The predicted molar refractivity (Wildman–Crippen MR) is 84.0 cm³/mol. The van der Waals surface area contributed by atoms with Gasteiger partial charge in [0.2, 0.25) is 5.89 Å². The molecule has 0 N–H and O–H groups in total. The quantitative estimate of drug-likeness (QED) is 0.841. The summed E-state index contributed by atoms with van der Waals surface area (Å²) in [6, 6.07) is 8.60. The lowest BCUT2D eigenvalue weighted by Crippen LogP contribution is -2.23. The molecule has 4 heteroatoms. The molecule has 1 heterocycles. The zero-order valence-electron chi connectivity index (χ0n) is 13.7. The molecule has 0 atom stereocenters. The van der Waals surface area contributed by atoms with E-state index < -0.39 is 0 Å². The maximum Gasteiger partial charge on any atom is 0.232 e. The van der Waals surface area contributed by atoms with Gasteiger partial charge in [0.1, 0.15) is 0 Å². The first kappa shape index (κ1) is 15.7. The highest BCUT2D eigenvalue weighted by atomic mass is 16.5. The SMILES string of the molecule is CCN(Cc1cccc(C)c1)Cc1noc(C(C)(C)C)n1. The topological polar surface area (TPSA) is 42.2 Å². The molecule has 0 aliphatic heterocycles. The van der Waals surface area contributed by atoms with Gasteiger partial charge in [-0.2, -0.15) is 4.98 Å². The minimum atomic E-state index is -0.0984. The van der Waals surface area contributed by atoms with Crippen molar-refractivity contribution in [3.05, 3.63) is 47.1 Å². The molecule has 0 saturated heterocycles. The molecule has 1 aromatic heterocycles. The fraction of sp³-hybridized carbons (Fsp3) is 0.529. The van der Waals surface area contributed by atoms with Crippen LogP contribution in [0.4, 0.5) is 0 Å². The van der Waals surface area contributed by atoms with E-state index in [1.165, 1.54) is 11.1 Å². The van der Waals surface area contributed by atoms with E-state index in [2.05, 4.69) is 73.9 Å². The van der Waals surface area contributed by atoms with Gasteiger partial charge in [-0.3, -0.25) is 4.90 Å². The van der Waals surface area contributed by atoms with E-state index in [1.807, 2.05) is 0 Å². The Balaban J connectivity index is 2.04. The molecular weight excluding hydrogens is 262 g/mol. The molecule has 0 radical (unpaired) electrons. The summed E-state index contributed by atoms with van der Waals surface area (Å²) < 4.78 is 5.36. The number of aryl methyl sites for hydroxylation is 1. The van der Waals surface area contributed by atoms with E-state index in [0.717, 1.165) is 18.9 Å². The Morgan fingerprint density at radius 2 is 1.95 bits per heavy atom. The third kappa shape index (κ3) is 4.39. The molecular formula is C17H25N3O. The third-order valence-corrected chi connectivity index (χ3v) is 3.41. The number of nitrogens with zero attached hydrogens (tertiary/aromatic N) is 3. The summed E-state index contributed by atoms with van der Waals surface area (Å²) in [5.74, 6) is 1.46. The molecule has 0 aliphatic carbocycles. The van der Waals surface area contributed by atoms with Gasteiger partial charge in [-0.05, 0) is 19.0 Å². The van der Waals surface area contributed by atoms with E-state index in [4.69, 9.17) is 4.52 Å². The maximum absolute atomic E-state index is 5.36. The standard InChI is InChI=1S/C17H25N3O/c1-6-20(11-14-9-7-8-13(2)10-14)12-15-18-16(21-19-15)17(3,4)5/h7-10H,6,11-12H2,1-5H3. The van der Waals surface area contributed by atoms with Crippen molar-refractivity contribution in [2.45, 2.75) is 53.1 Å². The Bertz CT molecular complexity index is 584. The molecule has 2 aromatic rings. The summed E-state index contributed by atoms with van der Waals surface area (Å²) in [6.45, 7) is 13.1. The fourth-order valence-corrected chi connectivity index (χ4v) is 2.17. The minimum Gasteiger partial charge on any atom is -0.339 e. The van der Waals surface area contributed by atoms with Crippen molar-refractivity contribution in [3.63, 3.8) is 0 Å². The maximum atomic E-state index is 5.36. The van der Waals surface area contributed by atoms with Gasteiger partial charge in [0.05, 0.1) is 6.54 Å². The first-order valence-electron chi connectivity index (χ1n) is 7.49. The molecule has 0 spiro atoms. The summed E-state index contributed by atoms with van der Waals surface area (Å²) in [5, 5.41) is 4.10. The third-order valence-electron chi connectivity index (χ3n) is 3.41. The molecule has 0 fully saturated rings. The average molecular weight is 287 g/mol. The highest BCUT2D eigenvalue weighted by Gasteiger charge is 2.22. The fourth-order valence-electron chi connectivity index (χ4n) is 2.17. The summed E-state index contributed by atoms with van der Waals surface area (Å²) in [7, 11) is 0. The Labute approximate surface area is 127 Å². The Morgan fingerprint density at radius 3 is 2.52 bits per heavy atom. The Kier molecular flexibility index (Phi) is 4.78. The van der Waals surface area contributed by atoms with Gasteiger partial charge in [0, 0.05) is 12.0 Å². The van der Waals surface area contributed by atoms with Crippen LogP contribution >= 0.6 is 0 Å². The highest BCUT2D eigenvalue weighted by Crippen LogP contribution is 2.20. The van der Waals surface area contributed by atoms with Crippen molar-refractivity contribution < 1.29 is 4.52 Å². The Hall–Kier alpha value is -1.68. The lowest BCUT2D eigenvalue weighted by molar-refractivity contribution is 0.257. The van der Waals surface area contributed by atoms with Crippen LogP contribution in [-0.2, 0) is 18.5 Å². The van der Waals surface area contributed by atoms with E-state index in [1.54, 1.807) is 0 Å². The van der Waals surface area contributed by atoms with E-state index in [9.17, 15) is 0 Å². The first-order valence-corrected chi connectivity index (χ1v) is 7.49.